The predicted octanol–water partition coefficient (Wildman–Crippen LogP) is 3.18. The van der Waals surface area contributed by atoms with E-state index >= 15 is 0 Å². The first-order chi connectivity index (χ1) is 9.90. The minimum absolute atomic E-state index is 0.0797. The van der Waals surface area contributed by atoms with Gasteiger partial charge in [-0.15, -0.1) is 0 Å². The fraction of sp³-hybridized carbons (Fsp3) is 0.500. The number of nitro groups is 1. The summed E-state index contributed by atoms with van der Waals surface area (Å²) in [6.45, 7) is 2.00. The maximum atomic E-state index is 13.8. The molecule has 0 saturated heterocycles. The van der Waals surface area contributed by atoms with Crippen molar-refractivity contribution in [3.8, 4) is 0 Å². The van der Waals surface area contributed by atoms with Crippen LogP contribution in [0.5, 0.6) is 0 Å². The molecule has 0 radical (unpaired) electrons. The van der Waals surface area contributed by atoms with Crippen molar-refractivity contribution in [2.24, 2.45) is 5.92 Å². The second-order valence-electron chi connectivity index (χ2n) is 5.38. The summed E-state index contributed by atoms with van der Waals surface area (Å²) < 4.78 is 27.3. The van der Waals surface area contributed by atoms with Gasteiger partial charge < -0.3 is 5.32 Å². The van der Waals surface area contributed by atoms with Crippen LogP contribution in [0, 0.1) is 27.7 Å². The first-order valence-electron chi connectivity index (χ1n) is 6.84. The van der Waals surface area contributed by atoms with Gasteiger partial charge in [-0.2, -0.15) is 4.39 Å². The van der Waals surface area contributed by atoms with Crippen LogP contribution in [0.15, 0.2) is 12.1 Å². The van der Waals surface area contributed by atoms with Crippen molar-refractivity contribution in [2.45, 2.75) is 38.6 Å². The number of nitro benzene ring substituents is 1. The third-order valence-corrected chi connectivity index (χ3v) is 3.91. The first kappa shape index (κ1) is 15.3. The summed E-state index contributed by atoms with van der Waals surface area (Å²) in [7, 11) is 0. The molecular weight excluding hydrogens is 282 g/mol. The zero-order chi connectivity index (χ0) is 15.6. The van der Waals surface area contributed by atoms with Gasteiger partial charge in [0.1, 0.15) is 5.82 Å². The minimum Gasteiger partial charge on any atom is -0.349 e. The van der Waals surface area contributed by atoms with Crippen molar-refractivity contribution >= 4 is 11.6 Å². The third-order valence-electron chi connectivity index (χ3n) is 3.91. The summed E-state index contributed by atoms with van der Waals surface area (Å²) in [5.41, 5.74) is -1.48. The molecule has 0 heterocycles. The Kier molecular flexibility index (Phi) is 4.50. The molecule has 2 rings (SSSR count). The fourth-order valence-corrected chi connectivity index (χ4v) is 2.63. The van der Waals surface area contributed by atoms with E-state index in [0.717, 1.165) is 25.7 Å². The molecule has 2 atom stereocenters. The van der Waals surface area contributed by atoms with Crippen molar-refractivity contribution in [1.82, 2.24) is 5.32 Å². The predicted molar refractivity (Wildman–Crippen MR) is 71.9 cm³/mol. The topological polar surface area (TPSA) is 72.2 Å². The zero-order valence-electron chi connectivity index (χ0n) is 11.6. The van der Waals surface area contributed by atoms with Crippen molar-refractivity contribution in [3.05, 3.63) is 39.4 Å². The molecule has 1 aliphatic rings. The Labute approximate surface area is 120 Å². The lowest BCUT2D eigenvalue weighted by Crippen LogP contribution is -2.41. The molecule has 0 aromatic heterocycles. The Hall–Kier alpha value is -2.05. The van der Waals surface area contributed by atoms with E-state index in [2.05, 4.69) is 5.32 Å². The maximum absolute atomic E-state index is 13.8. The molecule has 1 aromatic rings. The van der Waals surface area contributed by atoms with Gasteiger partial charge in [0.15, 0.2) is 0 Å². The van der Waals surface area contributed by atoms with Gasteiger partial charge in [0.2, 0.25) is 5.82 Å². The van der Waals surface area contributed by atoms with Crippen LogP contribution in [0.4, 0.5) is 14.5 Å². The molecule has 1 aliphatic carbocycles. The Morgan fingerprint density at radius 2 is 1.95 bits per heavy atom. The molecule has 1 amide bonds. The lowest BCUT2D eigenvalue weighted by atomic mass is 9.86. The molecule has 0 bridgehead atoms. The molecule has 21 heavy (non-hydrogen) atoms. The van der Waals surface area contributed by atoms with Crippen molar-refractivity contribution < 1.29 is 18.5 Å². The van der Waals surface area contributed by atoms with Gasteiger partial charge in [-0.05, 0) is 24.8 Å². The van der Waals surface area contributed by atoms with Crippen molar-refractivity contribution in [3.63, 3.8) is 0 Å². The van der Waals surface area contributed by atoms with E-state index < -0.39 is 33.7 Å². The SMILES string of the molecule is CC1CCCCC1NC(=O)c1cc(F)c([N+](=O)[O-])cc1F. The lowest BCUT2D eigenvalue weighted by molar-refractivity contribution is -0.387. The second-order valence-corrected chi connectivity index (χ2v) is 5.38. The zero-order valence-corrected chi connectivity index (χ0v) is 11.6. The molecule has 0 spiro atoms. The molecule has 2 unspecified atom stereocenters. The molecule has 1 N–H and O–H groups in total. The third kappa shape index (κ3) is 3.34. The highest BCUT2D eigenvalue weighted by molar-refractivity contribution is 5.95. The van der Waals surface area contributed by atoms with E-state index in [1.165, 1.54) is 0 Å². The molecule has 1 fully saturated rings. The van der Waals surface area contributed by atoms with Crippen LogP contribution in [0.3, 0.4) is 0 Å². The summed E-state index contributed by atoms with van der Waals surface area (Å²) >= 11 is 0. The Bertz CT molecular complexity index is 578. The van der Waals surface area contributed by atoms with Gasteiger partial charge in [0.25, 0.3) is 5.91 Å². The van der Waals surface area contributed by atoms with Crippen LogP contribution >= 0.6 is 0 Å². The standard InChI is InChI=1S/C14H16F2N2O3/c1-8-4-2-3-5-12(8)17-14(19)9-6-11(16)13(18(20)21)7-10(9)15/h6-8,12H,2-5H2,1H3,(H,17,19). The molecular formula is C14H16F2N2O3. The van der Waals surface area contributed by atoms with Gasteiger partial charge in [0.05, 0.1) is 16.6 Å². The number of nitrogens with zero attached hydrogens (tertiary/aromatic N) is 1. The highest BCUT2D eigenvalue weighted by Crippen LogP contribution is 2.25. The Balaban J connectivity index is 2.19. The minimum atomic E-state index is -1.22. The highest BCUT2D eigenvalue weighted by atomic mass is 19.1. The van der Waals surface area contributed by atoms with Crippen LogP contribution in [0.1, 0.15) is 43.0 Å². The molecule has 1 saturated carbocycles. The van der Waals surface area contributed by atoms with Crippen LogP contribution < -0.4 is 5.32 Å². The van der Waals surface area contributed by atoms with Crippen LogP contribution in [0.2, 0.25) is 0 Å². The summed E-state index contributed by atoms with van der Waals surface area (Å²) in [6, 6.07) is 0.939. The largest absolute Gasteiger partial charge is 0.349 e. The van der Waals surface area contributed by atoms with E-state index in [0.29, 0.717) is 12.1 Å². The van der Waals surface area contributed by atoms with E-state index in [9.17, 15) is 23.7 Å². The molecule has 5 nitrogen and oxygen atoms in total. The summed E-state index contributed by atoms with van der Waals surface area (Å²) in [6.07, 6.45) is 3.84. The molecule has 114 valence electrons. The highest BCUT2D eigenvalue weighted by Gasteiger charge is 2.26. The lowest BCUT2D eigenvalue weighted by Gasteiger charge is -2.29. The van der Waals surface area contributed by atoms with Gasteiger partial charge in [-0.1, -0.05) is 19.8 Å². The Morgan fingerprint density at radius 1 is 1.29 bits per heavy atom. The van der Waals surface area contributed by atoms with Gasteiger partial charge in [-0.3, -0.25) is 14.9 Å². The second kappa shape index (κ2) is 6.15. The fourth-order valence-electron chi connectivity index (χ4n) is 2.63. The number of hydrogen-bond donors (Lipinski definition) is 1. The van der Waals surface area contributed by atoms with Crippen LogP contribution in [-0.2, 0) is 0 Å². The van der Waals surface area contributed by atoms with Gasteiger partial charge in [0, 0.05) is 6.04 Å². The average Bonchev–Trinajstić information content (AvgIpc) is 2.43. The van der Waals surface area contributed by atoms with Crippen LogP contribution in [0.25, 0.3) is 0 Å². The quantitative estimate of drug-likeness (QED) is 0.688. The van der Waals surface area contributed by atoms with Gasteiger partial charge in [-0.25, -0.2) is 4.39 Å². The molecule has 0 aliphatic heterocycles. The molecule has 1 aromatic carbocycles. The van der Waals surface area contributed by atoms with Crippen molar-refractivity contribution in [1.29, 1.82) is 0 Å². The number of halogens is 2. The monoisotopic (exact) mass is 298 g/mol. The van der Waals surface area contributed by atoms with Crippen molar-refractivity contribution in [2.75, 3.05) is 0 Å². The number of hydrogen-bond acceptors (Lipinski definition) is 3. The van der Waals surface area contributed by atoms with Crippen LogP contribution in [-0.4, -0.2) is 16.9 Å². The smallest absolute Gasteiger partial charge is 0.307 e. The summed E-state index contributed by atoms with van der Waals surface area (Å²) in [5.74, 6) is -2.78. The molecule has 7 heteroatoms. The normalized spacial score (nSPS) is 21.9. The number of benzene rings is 1. The number of carbonyl (C=O) groups is 1. The first-order valence-corrected chi connectivity index (χ1v) is 6.84. The van der Waals surface area contributed by atoms with E-state index in [1.54, 1.807) is 0 Å². The number of rotatable bonds is 3. The van der Waals surface area contributed by atoms with E-state index in [-0.39, 0.29) is 12.0 Å². The number of amides is 1. The van der Waals surface area contributed by atoms with E-state index in [1.807, 2.05) is 6.92 Å². The maximum Gasteiger partial charge on any atom is 0.307 e. The van der Waals surface area contributed by atoms with E-state index in [4.69, 9.17) is 0 Å². The Morgan fingerprint density at radius 3 is 2.57 bits per heavy atom. The summed E-state index contributed by atoms with van der Waals surface area (Å²) in [4.78, 5) is 21.5. The number of carbonyl (C=O) groups excluding carboxylic acids is 1. The van der Waals surface area contributed by atoms with Gasteiger partial charge >= 0.3 is 5.69 Å². The summed E-state index contributed by atoms with van der Waals surface area (Å²) in [5, 5.41) is 13.2. The average molecular weight is 298 g/mol. The number of nitrogens with one attached hydrogen (secondary N) is 1.